The summed E-state index contributed by atoms with van der Waals surface area (Å²) >= 11 is 1.43. The zero-order chi connectivity index (χ0) is 14.9. The number of hydrogen-bond donors (Lipinski definition) is 0. The highest BCUT2D eigenvalue weighted by Crippen LogP contribution is 2.32. The molecular formula is C15H14FN5S. The zero-order valence-electron chi connectivity index (χ0n) is 11.9. The predicted octanol–water partition coefficient (Wildman–Crippen LogP) is 3.24. The van der Waals surface area contributed by atoms with Crippen LogP contribution in [0.3, 0.4) is 0 Å². The molecule has 5 nitrogen and oxygen atoms in total. The van der Waals surface area contributed by atoms with Crippen LogP contribution in [0.15, 0.2) is 34.7 Å². The predicted molar refractivity (Wildman–Crippen MR) is 81.2 cm³/mol. The Kier molecular flexibility index (Phi) is 3.49. The van der Waals surface area contributed by atoms with Crippen LogP contribution in [-0.2, 0) is 13.0 Å². The van der Waals surface area contributed by atoms with Gasteiger partial charge in [-0.05, 0) is 36.7 Å². The van der Waals surface area contributed by atoms with Crippen LogP contribution in [0.4, 0.5) is 4.39 Å². The van der Waals surface area contributed by atoms with Gasteiger partial charge in [0.25, 0.3) is 0 Å². The smallest absolute Gasteiger partial charge is 0.197 e. The number of halogens is 1. The average molecular weight is 315 g/mol. The minimum Gasteiger partial charge on any atom is -0.306 e. The summed E-state index contributed by atoms with van der Waals surface area (Å²) in [6.45, 7) is 0.933. The summed E-state index contributed by atoms with van der Waals surface area (Å²) in [4.78, 5) is 8.33. The maximum absolute atomic E-state index is 13.8. The first kappa shape index (κ1) is 13.6. The van der Waals surface area contributed by atoms with Crippen molar-refractivity contribution in [2.24, 2.45) is 0 Å². The van der Waals surface area contributed by atoms with Gasteiger partial charge in [-0.25, -0.2) is 14.4 Å². The molecule has 3 heterocycles. The van der Waals surface area contributed by atoms with Crippen LogP contribution in [0.2, 0.25) is 0 Å². The molecule has 0 aliphatic carbocycles. The Balaban J connectivity index is 1.76. The SMILES string of the molecule is Fc1cccc2c(Sc3nnc4n3CCCCC4)ncnc12. The molecule has 1 aliphatic heterocycles. The number of benzene rings is 1. The van der Waals surface area contributed by atoms with E-state index < -0.39 is 0 Å². The Morgan fingerprint density at radius 1 is 1.09 bits per heavy atom. The van der Waals surface area contributed by atoms with E-state index in [0.29, 0.717) is 15.9 Å². The van der Waals surface area contributed by atoms with Crippen molar-refractivity contribution in [1.29, 1.82) is 0 Å². The van der Waals surface area contributed by atoms with E-state index >= 15 is 0 Å². The topological polar surface area (TPSA) is 56.5 Å². The molecule has 112 valence electrons. The number of fused-ring (bicyclic) bond motifs is 2. The summed E-state index contributed by atoms with van der Waals surface area (Å²) in [5, 5.41) is 10.8. The molecule has 0 bridgehead atoms. The van der Waals surface area contributed by atoms with Gasteiger partial charge in [-0.15, -0.1) is 10.2 Å². The molecule has 0 atom stereocenters. The van der Waals surface area contributed by atoms with Crippen molar-refractivity contribution in [3.63, 3.8) is 0 Å². The van der Waals surface area contributed by atoms with Crippen LogP contribution in [0.5, 0.6) is 0 Å². The Labute approximate surface area is 131 Å². The second-order valence-electron chi connectivity index (χ2n) is 5.28. The van der Waals surface area contributed by atoms with Gasteiger partial charge in [0.15, 0.2) is 5.16 Å². The fourth-order valence-corrected chi connectivity index (χ4v) is 3.67. The average Bonchev–Trinajstić information content (AvgIpc) is 2.76. The molecule has 1 aliphatic rings. The molecule has 0 N–H and O–H groups in total. The van der Waals surface area contributed by atoms with Crippen molar-refractivity contribution in [2.45, 2.75) is 42.4 Å². The summed E-state index contributed by atoms with van der Waals surface area (Å²) < 4.78 is 16.0. The van der Waals surface area contributed by atoms with Gasteiger partial charge in [-0.3, -0.25) is 0 Å². The first-order valence-electron chi connectivity index (χ1n) is 7.32. The molecule has 2 aromatic heterocycles. The van der Waals surface area contributed by atoms with Gasteiger partial charge in [0.1, 0.15) is 28.5 Å². The Morgan fingerprint density at radius 2 is 2.05 bits per heavy atom. The summed E-state index contributed by atoms with van der Waals surface area (Å²) in [5.41, 5.74) is 0.343. The van der Waals surface area contributed by atoms with Crippen molar-refractivity contribution in [2.75, 3.05) is 0 Å². The summed E-state index contributed by atoms with van der Waals surface area (Å²) in [6.07, 6.45) is 5.87. The lowest BCUT2D eigenvalue weighted by molar-refractivity contribution is 0.590. The molecule has 0 spiro atoms. The fraction of sp³-hybridized carbons (Fsp3) is 0.333. The van der Waals surface area contributed by atoms with Gasteiger partial charge >= 0.3 is 0 Å². The molecule has 4 rings (SSSR count). The maximum Gasteiger partial charge on any atom is 0.197 e. The molecule has 0 saturated heterocycles. The molecule has 0 amide bonds. The van der Waals surface area contributed by atoms with Crippen LogP contribution in [0.25, 0.3) is 10.9 Å². The highest BCUT2D eigenvalue weighted by atomic mass is 32.2. The van der Waals surface area contributed by atoms with Crippen molar-refractivity contribution in [1.82, 2.24) is 24.7 Å². The molecule has 0 unspecified atom stereocenters. The van der Waals surface area contributed by atoms with E-state index in [1.165, 1.54) is 30.6 Å². The highest BCUT2D eigenvalue weighted by Gasteiger charge is 2.17. The van der Waals surface area contributed by atoms with Gasteiger partial charge in [-0.1, -0.05) is 12.5 Å². The Bertz CT molecular complexity index is 832. The minimum atomic E-state index is -0.332. The maximum atomic E-state index is 13.8. The quantitative estimate of drug-likeness (QED) is 0.680. The van der Waals surface area contributed by atoms with Crippen molar-refractivity contribution in [3.05, 3.63) is 36.2 Å². The van der Waals surface area contributed by atoms with Crippen LogP contribution in [0, 0.1) is 5.82 Å². The summed E-state index contributed by atoms with van der Waals surface area (Å²) in [5.74, 6) is 0.700. The molecular weight excluding hydrogens is 301 g/mol. The van der Waals surface area contributed by atoms with Crippen LogP contribution < -0.4 is 0 Å². The van der Waals surface area contributed by atoms with Crippen LogP contribution in [-0.4, -0.2) is 24.7 Å². The van der Waals surface area contributed by atoms with Crippen LogP contribution >= 0.6 is 11.8 Å². The third-order valence-corrected chi connectivity index (χ3v) is 4.85. The summed E-state index contributed by atoms with van der Waals surface area (Å²) in [7, 11) is 0. The molecule has 3 aromatic rings. The molecule has 0 fully saturated rings. The lowest BCUT2D eigenvalue weighted by atomic mass is 10.2. The summed E-state index contributed by atoms with van der Waals surface area (Å²) in [6, 6.07) is 4.92. The van der Waals surface area contributed by atoms with E-state index in [1.54, 1.807) is 6.07 Å². The Morgan fingerprint density at radius 3 is 3.00 bits per heavy atom. The lowest BCUT2D eigenvalue weighted by Crippen LogP contribution is -2.02. The molecule has 0 radical (unpaired) electrons. The number of nitrogens with zero attached hydrogens (tertiary/aromatic N) is 5. The lowest BCUT2D eigenvalue weighted by Gasteiger charge is -2.07. The number of rotatable bonds is 2. The van der Waals surface area contributed by atoms with E-state index in [2.05, 4.69) is 24.7 Å². The third-order valence-electron chi connectivity index (χ3n) is 3.84. The van der Waals surface area contributed by atoms with E-state index in [4.69, 9.17) is 0 Å². The number of aromatic nitrogens is 5. The third kappa shape index (κ3) is 2.35. The highest BCUT2D eigenvalue weighted by molar-refractivity contribution is 7.99. The fourth-order valence-electron chi connectivity index (χ4n) is 2.73. The molecule has 22 heavy (non-hydrogen) atoms. The second kappa shape index (κ2) is 5.64. The van der Waals surface area contributed by atoms with E-state index in [-0.39, 0.29) is 5.82 Å². The van der Waals surface area contributed by atoms with E-state index in [1.807, 2.05) is 6.07 Å². The van der Waals surface area contributed by atoms with Crippen molar-refractivity contribution >= 4 is 22.7 Å². The van der Waals surface area contributed by atoms with E-state index in [0.717, 1.165) is 36.8 Å². The molecule has 7 heteroatoms. The normalized spacial score (nSPS) is 14.8. The standard InChI is InChI=1S/C15H14FN5S/c16-11-6-4-5-10-13(11)17-9-18-14(10)22-15-20-19-12-7-2-1-3-8-21(12)15/h4-6,9H,1-3,7-8H2. The Hall–Kier alpha value is -2.02. The molecule has 0 saturated carbocycles. The number of aryl methyl sites for hydroxylation is 1. The zero-order valence-corrected chi connectivity index (χ0v) is 12.7. The van der Waals surface area contributed by atoms with Gasteiger partial charge in [0.2, 0.25) is 0 Å². The van der Waals surface area contributed by atoms with Gasteiger partial charge in [0.05, 0.1) is 0 Å². The van der Waals surface area contributed by atoms with Gasteiger partial charge in [-0.2, -0.15) is 0 Å². The largest absolute Gasteiger partial charge is 0.306 e. The van der Waals surface area contributed by atoms with Gasteiger partial charge in [0, 0.05) is 18.4 Å². The second-order valence-corrected chi connectivity index (χ2v) is 6.23. The van der Waals surface area contributed by atoms with Gasteiger partial charge < -0.3 is 4.57 Å². The first-order chi connectivity index (χ1) is 10.8. The number of hydrogen-bond acceptors (Lipinski definition) is 5. The monoisotopic (exact) mass is 315 g/mol. The molecule has 1 aromatic carbocycles. The van der Waals surface area contributed by atoms with E-state index in [9.17, 15) is 4.39 Å². The van der Waals surface area contributed by atoms with Crippen molar-refractivity contribution in [3.8, 4) is 0 Å². The van der Waals surface area contributed by atoms with Crippen molar-refractivity contribution < 1.29 is 4.39 Å². The first-order valence-corrected chi connectivity index (χ1v) is 8.14. The minimum absolute atomic E-state index is 0.332. The number of para-hydroxylation sites is 1. The van der Waals surface area contributed by atoms with Crippen LogP contribution in [0.1, 0.15) is 25.1 Å².